The van der Waals surface area contributed by atoms with Crippen molar-refractivity contribution in [2.24, 2.45) is 0 Å². The summed E-state index contributed by atoms with van der Waals surface area (Å²) in [5, 5.41) is 3.38. The summed E-state index contributed by atoms with van der Waals surface area (Å²) in [5.41, 5.74) is 1.20. The van der Waals surface area contributed by atoms with Gasteiger partial charge in [0.05, 0.1) is 6.10 Å². The Bertz CT molecular complexity index is 384. The molecule has 1 aliphatic rings. The topological polar surface area (TPSA) is 30.5 Å². The van der Waals surface area contributed by atoms with Gasteiger partial charge >= 0.3 is 0 Å². The SMILES string of the molecule is Cc1cc(I)ccc1OCCNCC1CCCO1.Cl. The van der Waals surface area contributed by atoms with Gasteiger partial charge in [0.2, 0.25) is 0 Å². The fraction of sp³-hybridized carbons (Fsp3) is 0.571. The van der Waals surface area contributed by atoms with E-state index >= 15 is 0 Å². The maximum Gasteiger partial charge on any atom is 0.122 e. The van der Waals surface area contributed by atoms with Gasteiger partial charge in [-0.25, -0.2) is 0 Å². The first-order chi connectivity index (χ1) is 8.75. The first-order valence-corrected chi connectivity index (χ1v) is 7.55. The molecule has 1 fully saturated rings. The molecule has 1 N–H and O–H groups in total. The lowest BCUT2D eigenvalue weighted by molar-refractivity contribution is 0.109. The van der Waals surface area contributed by atoms with Crippen molar-refractivity contribution in [2.45, 2.75) is 25.9 Å². The number of halogens is 2. The third-order valence-electron chi connectivity index (χ3n) is 3.07. The van der Waals surface area contributed by atoms with Crippen molar-refractivity contribution in [1.82, 2.24) is 5.32 Å². The number of hydrogen-bond donors (Lipinski definition) is 1. The Kier molecular flexibility index (Phi) is 8.06. The smallest absolute Gasteiger partial charge is 0.122 e. The van der Waals surface area contributed by atoms with Crippen LogP contribution in [0.25, 0.3) is 0 Å². The maximum absolute atomic E-state index is 5.75. The number of benzene rings is 1. The van der Waals surface area contributed by atoms with E-state index in [1.54, 1.807) is 0 Å². The Labute approximate surface area is 135 Å². The molecule has 0 aliphatic carbocycles. The zero-order valence-electron chi connectivity index (χ0n) is 11.2. The Balaban J connectivity index is 0.00000180. The van der Waals surface area contributed by atoms with E-state index in [0.717, 1.165) is 25.4 Å². The van der Waals surface area contributed by atoms with E-state index < -0.39 is 0 Å². The summed E-state index contributed by atoms with van der Waals surface area (Å²) in [5.74, 6) is 0.981. The summed E-state index contributed by atoms with van der Waals surface area (Å²) in [7, 11) is 0. The number of rotatable bonds is 6. The molecule has 1 atom stereocenters. The first kappa shape index (κ1) is 17.0. The van der Waals surface area contributed by atoms with Gasteiger partial charge in [0.25, 0.3) is 0 Å². The summed E-state index contributed by atoms with van der Waals surface area (Å²) in [6.07, 6.45) is 2.79. The third kappa shape index (κ3) is 5.85. The second-order valence-corrected chi connectivity index (χ2v) is 5.84. The largest absolute Gasteiger partial charge is 0.492 e. The van der Waals surface area contributed by atoms with Crippen molar-refractivity contribution in [2.75, 3.05) is 26.3 Å². The van der Waals surface area contributed by atoms with Gasteiger partial charge in [0.15, 0.2) is 0 Å². The molecule has 0 saturated carbocycles. The lowest BCUT2D eigenvalue weighted by Crippen LogP contribution is -2.29. The van der Waals surface area contributed by atoms with Gasteiger partial charge in [-0.1, -0.05) is 0 Å². The van der Waals surface area contributed by atoms with Crippen LogP contribution in [0.5, 0.6) is 5.75 Å². The Morgan fingerprint density at radius 1 is 1.47 bits per heavy atom. The van der Waals surface area contributed by atoms with Crippen molar-refractivity contribution in [3.05, 3.63) is 27.3 Å². The van der Waals surface area contributed by atoms with Gasteiger partial charge in [0.1, 0.15) is 12.4 Å². The minimum Gasteiger partial charge on any atom is -0.492 e. The molecule has 1 unspecified atom stereocenters. The Hall–Kier alpha value is -0.0400. The average molecular weight is 398 g/mol. The molecule has 0 amide bonds. The van der Waals surface area contributed by atoms with Crippen LogP contribution in [0.1, 0.15) is 18.4 Å². The summed E-state index contributed by atoms with van der Waals surface area (Å²) in [6.45, 7) is 5.51. The number of aryl methyl sites for hydroxylation is 1. The molecular formula is C14H21ClINO2. The van der Waals surface area contributed by atoms with Crippen LogP contribution < -0.4 is 10.1 Å². The molecule has 1 aliphatic heterocycles. The molecule has 108 valence electrons. The van der Waals surface area contributed by atoms with Gasteiger partial charge in [-0.15, -0.1) is 12.4 Å². The molecule has 2 rings (SSSR count). The van der Waals surface area contributed by atoms with Crippen LogP contribution in [0, 0.1) is 10.5 Å². The highest BCUT2D eigenvalue weighted by Gasteiger charge is 2.14. The molecule has 19 heavy (non-hydrogen) atoms. The standard InChI is InChI=1S/C14H20INO2.ClH/c1-11-9-12(15)4-5-14(11)18-8-6-16-10-13-3-2-7-17-13;/h4-5,9,13,16H,2-3,6-8,10H2,1H3;1H. The van der Waals surface area contributed by atoms with Crippen LogP contribution in [0.15, 0.2) is 18.2 Å². The normalized spacial score (nSPS) is 18.1. The quantitative estimate of drug-likeness (QED) is 0.591. The summed E-state index contributed by atoms with van der Waals surface area (Å²) in [4.78, 5) is 0. The number of nitrogens with one attached hydrogen (secondary N) is 1. The third-order valence-corrected chi connectivity index (χ3v) is 3.74. The second kappa shape index (κ2) is 9.00. The predicted octanol–water partition coefficient (Wildman–Crippen LogP) is 3.17. The fourth-order valence-corrected chi connectivity index (χ4v) is 2.72. The number of ether oxygens (including phenoxy) is 2. The van der Waals surface area contributed by atoms with Crippen LogP contribution in [-0.4, -0.2) is 32.4 Å². The highest BCUT2D eigenvalue weighted by molar-refractivity contribution is 14.1. The van der Waals surface area contributed by atoms with E-state index in [2.05, 4.69) is 47.0 Å². The van der Waals surface area contributed by atoms with E-state index in [1.807, 2.05) is 6.07 Å². The molecule has 0 bridgehead atoms. The molecule has 0 radical (unpaired) electrons. The zero-order valence-corrected chi connectivity index (χ0v) is 14.1. The van der Waals surface area contributed by atoms with Crippen LogP contribution in [-0.2, 0) is 4.74 Å². The average Bonchev–Trinajstić information content (AvgIpc) is 2.84. The Morgan fingerprint density at radius 2 is 2.32 bits per heavy atom. The van der Waals surface area contributed by atoms with Gasteiger partial charge in [-0.2, -0.15) is 0 Å². The van der Waals surface area contributed by atoms with Gasteiger partial charge < -0.3 is 14.8 Å². The van der Waals surface area contributed by atoms with Crippen molar-refractivity contribution >= 4 is 35.0 Å². The number of hydrogen-bond acceptors (Lipinski definition) is 3. The van der Waals surface area contributed by atoms with E-state index in [1.165, 1.54) is 22.0 Å². The zero-order chi connectivity index (χ0) is 12.8. The molecule has 5 heteroatoms. The molecule has 0 spiro atoms. The van der Waals surface area contributed by atoms with E-state index in [-0.39, 0.29) is 12.4 Å². The van der Waals surface area contributed by atoms with Gasteiger partial charge in [0, 0.05) is 23.3 Å². The van der Waals surface area contributed by atoms with Crippen LogP contribution >= 0.6 is 35.0 Å². The molecule has 0 aromatic heterocycles. The molecule has 1 aromatic rings. The lowest BCUT2D eigenvalue weighted by Gasteiger charge is -2.12. The molecule has 1 saturated heterocycles. The van der Waals surface area contributed by atoms with Crippen molar-refractivity contribution in [3.8, 4) is 5.75 Å². The molecule has 1 aromatic carbocycles. The summed E-state index contributed by atoms with van der Waals surface area (Å²) < 4.78 is 12.5. The monoisotopic (exact) mass is 397 g/mol. The molecular weight excluding hydrogens is 377 g/mol. The summed E-state index contributed by atoms with van der Waals surface area (Å²) in [6, 6.07) is 6.25. The van der Waals surface area contributed by atoms with Gasteiger partial charge in [-0.05, 0) is 66.1 Å². The van der Waals surface area contributed by atoms with Crippen LogP contribution in [0.2, 0.25) is 0 Å². The van der Waals surface area contributed by atoms with Crippen molar-refractivity contribution < 1.29 is 9.47 Å². The molecule has 1 heterocycles. The second-order valence-electron chi connectivity index (χ2n) is 4.60. The molecule has 3 nitrogen and oxygen atoms in total. The minimum atomic E-state index is 0. The van der Waals surface area contributed by atoms with Gasteiger partial charge in [-0.3, -0.25) is 0 Å². The van der Waals surface area contributed by atoms with E-state index in [0.29, 0.717) is 12.7 Å². The van der Waals surface area contributed by atoms with Crippen LogP contribution in [0.3, 0.4) is 0 Å². The fourth-order valence-electron chi connectivity index (χ4n) is 2.08. The van der Waals surface area contributed by atoms with Crippen molar-refractivity contribution in [3.63, 3.8) is 0 Å². The lowest BCUT2D eigenvalue weighted by atomic mass is 10.2. The minimum absolute atomic E-state index is 0. The Morgan fingerprint density at radius 3 is 3.00 bits per heavy atom. The van der Waals surface area contributed by atoms with Crippen molar-refractivity contribution in [1.29, 1.82) is 0 Å². The van der Waals surface area contributed by atoms with Crippen LogP contribution in [0.4, 0.5) is 0 Å². The highest BCUT2D eigenvalue weighted by atomic mass is 127. The van der Waals surface area contributed by atoms with E-state index in [9.17, 15) is 0 Å². The maximum atomic E-state index is 5.75. The van der Waals surface area contributed by atoms with E-state index in [4.69, 9.17) is 9.47 Å². The first-order valence-electron chi connectivity index (χ1n) is 6.47. The predicted molar refractivity (Wildman–Crippen MR) is 88.5 cm³/mol. The highest BCUT2D eigenvalue weighted by Crippen LogP contribution is 2.19. The summed E-state index contributed by atoms with van der Waals surface area (Å²) >= 11 is 2.31.